The molecule has 5 nitrogen and oxygen atoms in total. The molecule has 0 aliphatic rings. The van der Waals surface area contributed by atoms with E-state index in [1.807, 2.05) is 19.1 Å². The first-order chi connectivity index (χ1) is 6.92. The molecule has 0 saturated heterocycles. The topological polar surface area (TPSA) is 63.7 Å². The van der Waals surface area contributed by atoms with Crippen LogP contribution in [0.3, 0.4) is 0 Å². The summed E-state index contributed by atoms with van der Waals surface area (Å²) in [4.78, 5) is 14.9. The Balaban J connectivity index is 2.27. The zero-order valence-corrected chi connectivity index (χ0v) is 7.77. The summed E-state index contributed by atoms with van der Waals surface area (Å²) >= 11 is 0. The van der Waals surface area contributed by atoms with E-state index < -0.39 is 0 Å². The van der Waals surface area contributed by atoms with Gasteiger partial charge in [0.2, 0.25) is 5.88 Å². The van der Waals surface area contributed by atoms with Crippen LogP contribution < -0.4 is 4.74 Å². The van der Waals surface area contributed by atoms with E-state index in [1.54, 1.807) is 6.33 Å². The molecule has 0 fully saturated rings. The van der Waals surface area contributed by atoms with Gasteiger partial charge in [-0.15, -0.1) is 0 Å². The van der Waals surface area contributed by atoms with E-state index in [4.69, 9.17) is 4.74 Å². The highest BCUT2D eigenvalue weighted by Crippen LogP contribution is 2.16. The van der Waals surface area contributed by atoms with Gasteiger partial charge in [-0.25, -0.2) is 9.97 Å². The van der Waals surface area contributed by atoms with Crippen molar-refractivity contribution in [1.29, 1.82) is 0 Å². The molecular formula is C9H10N4O. The second-order valence-corrected chi connectivity index (χ2v) is 2.66. The van der Waals surface area contributed by atoms with Gasteiger partial charge in [-0.3, -0.25) is 0 Å². The predicted octanol–water partition coefficient (Wildman–Crippen LogP) is 1.31. The number of hydrogen-bond donors (Lipinski definition) is 1. The minimum Gasteiger partial charge on any atom is -0.472 e. The molecule has 0 amide bonds. The molecule has 0 unspecified atom stereocenters. The summed E-state index contributed by atoms with van der Waals surface area (Å²) in [6, 6.07) is 0. The molecule has 0 spiro atoms. The number of fused-ring (bicyclic) bond motifs is 1. The Hall–Kier alpha value is -1.91. The van der Waals surface area contributed by atoms with E-state index in [0.29, 0.717) is 18.1 Å². The summed E-state index contributed by atoms with van der Waals surface area (Å²) in [5, 5.41) is 0. The van der Waals surface area contributed by atoms with Gasteiger partial charge in [0.25, 0.3) is 0 Å². The second-order valence-electron chi connectivity index (χ2n) is 2.66. The maximum atomic E-state index is 5.41. The Bertz CT molecular complexity index is 449. The van der Waals surface area contributed by atoms with Gasteiger partial charge in [-0.1, -0.05) is 12.2 Å². The summed E-state index contributed by atoms with van der Waals surface area (Å²) < 4.78 is 5.41. The average molecular weight is 190 g/mol. The number of rotatable bonds is 3. The molecule has 0 radical (unpaired) electrons. The predicted molar refractivity (Wildman–Crippen MR) is 52.0 cm³/mol. The van der Waals surface area contributed by atoms with Crippen LogP contribution in [0.1, 0.15) is 6.92 Å². The van der Waals surface area contributed by atoms with Gasteiger partial charge in [0, 0.05) is 0 Å². The van der Waals surface area contributed by atoms with Crippen LogP contribution in [0.5, 0.6) is 5.88 Å². The van der Waals surface area contributed by atoms with Gasteiger partial charge in [-0.05, 0) is 6.92 Å². The Morgan fingerprint density at radius 3 is 3.21 bits per heavy atom. The number of aromatic amines is 1. The number of nitrogens with one attached hydrogen (secondary N) is 1. The molecule has 5 heteroatoms. The molecule has 0 saturated carbocycles. The first-order valence-corrected chi connectivity index (χ1v) is 4.30. The number of H-pyrrole nitrogens is 1. The summed E-state index contributed by atoms with van der Waals surface area (Å²) in [6.07, 6.45) is 6.84. The Labute approximate surface area is 80.9 Å². The number of aromatic nitrogens is 4. The van der Waals surface area contributed by atoms with Crippen LogP contribution in [-0.4, -0.2) is 26.5 Å². The van der Waals surface area contributed by atoms with E-state index in [-0.39, 0.29) is 0 Å². The normalized spacial score (nSPS) is 11.2. The van der Waals surface area contributed by atoms with Crippen molar-refractivity contribution in [1.82, 2.24) is 19.9 Å². The van der Waals surface area contributed by atoms with Crippen LogP contribution >= 0.6 is 0 Å². The molecule has 0 aliphatic heterocycles. The maximum Gasteiger partial charge on any atom is 0.243 e. The van der Waals surface area contributed by atoms with Gasteiger partial charge in [0.05, 0.1) is 6.33 Å². The van der Waals surface area contributed by atoms with E-state index in [9.17, 15) is 0 Å². The van der Waals surface area contributed by atoms with Gasteiger partial charge in [0.15, 0.2) is 5.65 Å². The molecule has 2 heterocycles. The molecular weight excluding hydrogens is 180 g/mol. The Morgan fingerprint density at radius 1 is 1.43 bits per heavy atom. The lowest BCUT2D eigenvalue weighted by Crippen LogP contribution is -1.97. The van der Waals surface area contributed by atoms with Crippen LogP contribution in [-0.2, 0) is 0 Å². The molecule has 2 rings (SSSR count). The fraction of sp³-hybridized carbons (Fsp3) is 0.222. The quantitative estimate of drug-likeness (QED) is 0.741. The van der Waals surface area contributed by atoms with Crippen molar-refractivity contribution in [3.05, 3.63) is 24.8 Å². The van der Waals surface area contributed by atoms with Crippen molar-refractivity contribution in [2.24, 2.45) is 0 Å². The zero-order chi connectivity index (χ0) is 9.80. The summed E-state index contributed by atoms with van der Waals surface area (Å²) in [7, 11) is 0. The second kappa shape index (κ2) is 3.87. The molecule has 2 aromatic rings. The highest BCUT2D eigenvalue weighted by Gasteiger charge is 2.05. The highest BCUT2D eigenvalue weighted by atomic mass is 16.5. The minimum absolute atomic E-state index is 0.502. The lowest BCUT2D eigenvalue weighted by Gasteiger charge is -2.01. The molecule has 1 N–H and O–H groups in total. The number of hydrogen-bond acceptors (Lipinski definition) is 4. The third-order valence-corrected chi connectivity index (χ3v) is 1.74. The standard InChI is InChI=1S/C9H10N4O/c1-2-3-4-14-9-7-8(11-5-10-7)12-6-13-9/h2-3,5-6H,4H2,1H3,(H,10,11,12,13)/b3-2+. The van der Waals surface area contributed by atoms with Crippen molar-refractivity contribution in [3.8, 4) is 5.88 Å². The molecule has 0 aromatic carbocycles. The smallest absolute Gasteiger partial charge is 0.243 e. The van der Waals surface area contributed by atoms with Crippen molar-refractivity contribution < 1.29 is 4.74 Å². The minimum atomic E-state index is 0.502. The summed E-state index contributed by atoms with van der Waals surface area (Å²) in [6.45, 7) is 2.44. The first kappa shape index (κ1) is 8.68. The van der Waals surface area contributed by atoms with Crippen LogP contribution in [0.4, 0.5) is 0 Å². The van der Waals surface area contributed by atoms with E-state index >= 15 is 0 Å². The number of ether oxygens (including phenoxy) is 1. The molecule has 0 aliphatic carbocycles. The van der Waals surface area contributed by atoms with Crippen LogP contribution in [0.25, 0.3) is 11.2 Å². The lowest BCUT2D eigenvalue weighted by molar-refractivity contribution is 0.352. The number of nitrogens with zero attached hydrogens (tertiary/aromatic N) is 3. The average Bonchev–Trinajstić information content (AvgIpc) is 2.67. The SMILES string of the molecule is C/C=C/COc1ncnc2nc[nH]c12. The molecule has 0 atom stereocenters. The highest BCUT2D eigenvalue weighted by molar-refractivity contribution is 5.74. The van der Waals surface area contributed by atoms with Gasteiger partial charge < -0.3 is 9.72 Å². The van der Waals surface area contributed by atoms with Gasteiger partial charge in [-0.2, -0.15) is 4.98 Å². The van der Waals surface area contributed by atoms with Gasteiger partial charge >= 0.3 is 0 Å². The monoisotopic (exact) mass is 190 g/mol. The van der Waals surface area contributed by atoms with Crippen molar-refractivity contribution in [2.75, 3.05) is 6.61 Å². The van der Waals surface area contributed by atoms with E-state index in [0.717, 1.165) is 5.52 Å². The van der Waals surface area contributed by atoms with Gasteiger partial charge in [0.1, 0.15) is 18.5 Å². The largest absolute Gasteiger partial charge is 0.472 e. The third kappa shape index (κ3) is 1.56. The molecule has 72 valence electrons. The van der Waals surface area contributed by atoms with Crippen LogP contribution in [0, 0.1) is 0 Å². The number of allylic oxidation sites excluding steroid dienone is 1. The van der Waals surface area contributed by atoms with Crippen LogP contribution in [0.2, 0.25) is 0 Å². The summed E-state index contributed by atoms with van der Waals surface area (Å²) in [5.41, 5.74) is 1.35. The first-order valence-electron chi connectivity index (χ1n) is 4.30. The molecule has 0 bridgehead atoms. The van der Waals surface area contributed by atoms with Crippen LogP contribution in [0.15, 0.2) is 24.8 Å². The fourth-order valence-corrected chi connectivity index (χ4v) is 1.08. The Morgan fingerprint density at radius 2 is 2.36 bits per heavy atom. The molecule has 2 aromatic heterocycles. The fourth-order valence-electron chi connectivity index (χ4n) is 1.08. The van der Waals surface area contributed by atoms with E-state index in [2.05, 4.69) is 19.9 Å². The zero-order valence-electron chi connectivity index (χ0n) is 7.77. The lowest BCUT2D eigenvalue weighted by atomic mass is 10.5. The van der Waals surface area contributed by atoms with Crippen molar-refractivity contribution in [2.45, 2.75) is 6.92 Å². The number of imidazole rings is 1. The Kier molecular flexibility index (Phi) is 2.40. The third-order valence-electron chi connectivity index (χ3n) is 1.74. The van der Waals surface area contributed by atoms with E-state index in [1.165, 1.54) is 6.33 Å². The van der Waals surface area contributed by atoms with Crippen molar-refractivity contribution >= 4 is 11.2 Å². The molecule has 14 heavy (non-hydrogen) atoms. The van der Waals surface area contributed by atoms with Crippen molar-refractivity contribution in [3.63, 3.8) is 0 Å². The summed E-state index contributed by atoms with van der Waals surface area (Å²) in [5.74, 6) is 0.533. The maximum absolute atomic E-state index is 5.41.